The predicted octanol–water partition coefficient (Wildman–Crippen LogP) is 3.75. The molecule has 4 aromatic rings. The maximum absolute atomic E-state index is 6.15. The summed E-state index contributed by atoms with van der Waals surface area (Å²) in [6, 6.07) is 16.6. The second kappa shape index (κ2) is 3.05. The Morgan fingerprint density at radius 3 is 2.28 bits per heavy atom. The van der Waals surface area contributed by atoms with Crippen LogP contribution < -0.4 is 11.5 Å². The molecule has 0 fully saturated rings. The van der Waals surface area contributed by atoms with Crippen molar-refractivity contribution in [1.29, 1.82) is 0 Å². The van der Waals surface area contributed by atoms with E-state index in [4.69, 9.17) is 11.5 Å². The van der Waals surface area contributed by atoms with Crippen molar-refractivity contribution in [1.82, 2.24) is 0 Å². The summed E-state index contributed by atoms with van der Waals surface area (Å²) in [7, 11) is 0. The Labute approximate surface area is 104 Å². The highest BCUT2D eigenvalue weighted by Gasteiger charge is 2.10. The lowest BCUT2D eigenvalue weighted by Gasteiger charge is -2.13. The molecule has 2 heteroatoms. The maximum Gasteiger partial charge on any atom is 0.0401 e. The molecule has 4 N–H and O–H groups in total. The van der Waals surface area contributed by atoms with Crippen LogP contribution in [0.4, 0.5) is 11.4 Å². The van der Waals surface area contributed by atoms with E-state index in [1.807, 2.05) is 18.2 Å². The number of hydrogen-bond donors (Lipinski definition) is 2. The third-order valence-electron chi connectivity index (χ3n) is 3.63. The van der Waals surface area contributed by atoms with Gasteiger partial charge in [-0.2, -0.15) is 0 Å². The first-order chi connectivity index (χ1) is 8.74. The molecule has 0 saturated heterocycles. The van der Waals surface area contributed by atoms with E-state index in [1.165, 1.54) is 21.5 Å². The van der Waals surface area contributed by atoms with Gasteiger partial charge in [-0.25, -0.2) is 0 Å². The van der Waals surface area contributed by atoms with Gasteiger partial charge in [-0.05, 0) is 45.1 Å². The van der Waals surface area contributed by atoms with Gasteiger partial charge in [0.2, 0.25) is 0 Å². The fourth-order valence-corrected chi connectivity index (χ4v) is 2.89. The molecule has 0 aliphatic rings. The summed E-state index contributed by atoms with van der Waals surface area (Å²) in [4.78, 5) is 0. The summed E-state index contributed by atoms with van der Waals surface area (Å²) in [5, 5.41) is 7.13. The second-order valence-electron chi connectivity index (χ2n) is 4.78. The van der Waals surface area contributed by atoms with Crippen LogP contribution in [0, 0.1) is 0 Å². The number of hydrogen-bond acceptors (Lipinski definition) is 2. The van der Waals surface area contributed by atoms with E-state index in [0.717, 1.165) is 22.1 Å². The van der Waals surface area contributed by atoms with Crippen LogP contribution in [0.2, 0.25) is 0 Å². The molecule has 0 spiro atoms. The largest absolute Gasteiger partial charge is 0.399 e. The van der Waals surface area contributed by atoms with Crippen molar-refractivity contribution in [2.45, 2.75) is 0 Å². The standard InChI is InChI=1S/C16H12N2/c17-12-6-11-5-4-9-2-1-3-10-7-14(18)13(8-12)16(11)15(9)10/h1-8H,17-18H2. The Balaban J connectivity index is 2.47. The third-order valence-corrected chi connectivity index (χ3v) is 3.63. The van der Waals surface area contributed by atoms with Crippen LogP contribution in [-0.4, -0.2) is 0 Å². The first-order valence-electron chi connectivity index (χ1n) is 5.96. The molecule has 0 atom stereocenters. The summed E-state index contributed by atoms with van der Waals surface area (Å²) < 4.78 is 0. The molecule has 0 heterocycles. The lowest BCUT2D eigenvalue weighted by atomic mass is 9.93. The molecule has 2 nitrogen and oxygen atoms in total. The lowest BCUT2D eigenvalue weighted by Crippen LogP contribution is -1.93. The Bertz CT molecular complexity index is 894. The minimum atomic E-state index is 0.757. The van der Waals surface area contributed by atoms with Crippen LogP contribution in [0.3, 0.4) is 0 Å². The van der Waals surface area contributed by atoms with Gasteiger partial charge in [-0.15, -0.1) is 0 Å². The minimum Gasteiger partial charge on any atom is -0.399 e. The molecular weight excluding hydrogens is 220 g/mol. The number of nitrogen functional groups attached to an aromatic ring is 2. The fourth-order valence-electron chi connectivity index (χ4n) is 2.89. The van der Waals surface area contributed by atoms with Crippen molar-refractivity contribution in [2.24, 2.45) is 0 Å². The van der Waals surface area contributed by atoms with E-state index < -0.39 is 0 Å². The maximum atomic E-state index is 6.15. The SMILES string of the molecule is Nc1cc2ccc3cccc4cc(N)c(c1)c2c34. The molecule has 0 amide bonds. The Kier molecular flexibility index (Phi) is 1.61. The van der Waals surface area contributed by atoms with Crippen LogP contribution in [0.25, 0.3) is 32.3 Å². The van der Waals surface area contributed by atoms with Gasteiger partial charge in [0.15, 0.2) is 0 Å². The van der Waals surface area contributed by atoms with Crippen molar-refractivity contribution in [2.75, 3.05) is 11.5 Å². The molecule has 0 unspecified atom stereocenters. The average molecular weight is 232 g/mol. The van der Waals surface area contributed by atoms with E-state index >= 15 is 0 Å². The summed E-state index contributed by atoms with van der Waals surface area (Å²) in [5.74, 6) is 0. The van der Waals surface area contributed by atoms with E-state index in [1.54, 1.807) is 0 Å². The van der Waals surface area contributed by atoms with E-state index in [-0.39, 0.29) is 0 Å². The van der Waals surface area contributed by atoms with E-state index in [2.05, 4.69) is 30.3 Å². The van der Waals surface area contributed by atoms with Gasteiger partial charge in [0.05, 0.1) is 0 Å². The second-order valence-corrected chi connectivity index (χ2v) is 4.78. The predicted molar refractivity (Wildman–Crippen MR) is 79.0 cm³/mol. The monoisotopic (exact) mass is 232 g/mol. The highest BCUT2D eigenvalue weighted by Crippen LogP contribution is 2.38. The topological polar surface area (TPSA) is 52.0 Å². The quantitative estimate of drug-likeness (QED) is 0.358. The fraction of sp³-hybridized carbons (Fsp3) is 0. The zero-order valence-corrected chi connectivity index (χ0v) is 9.77. The molecule has 0 aliphatic carbocycles. The molecular formula is C16H12N2. The molecule has 0 saturated carbocycles. The van der Waals surface area contributed by atoms with E-state index in [0.29, 0.717) is 0 Å². The van der Waals surface area contributed by atoms with Gasteiger partial charge >= 0.3 is 0 Å². The first-order valence-corrected chi connectivity index (χ1v) is 5.96. The summed E-state index contributed by atoms with van der Waals surface area (Å²) in [5.41, 5.74) is 13.6. The lowest BCUT2D eigenvalue weighted by molar-refractivity contribution is 1.74. The number of nitrogens with two attached hydrogens (primary N) is 2. The van der Waals surface area contributed by atoms with Crippen LogP contribution in [-0.2, 0) is 0 Å². The van der Waals surface area contributed by atoms with Gasteiger partial charge in [-0.1, -0.05) is 30.3 Å². The third kappa shape index (κ3) is 1.07. The highest BCUT2D eigenvalue weighted by atomic mass is 14.6. The van der Waals surface area contributed by atoms with Gasteiger partial charge in [0.1, 0.15) is 0 Å². The van der Waals surface area contributed by atoms with Crippen LogP contribution in [0.1, 0.15) is 0 Å². The first kappa shape index (κ1) is 9.54. The molecule has 0 aromatic heterocycles. The normalized spacial score (nSPS) is 11.8. The van der Waals surface area contributed by atoms with Crippen molar-refractivity contribution < 1.29 is 0 Å². The summed E-state index contributed by atoms with van der Waals surface area (Å²) in [6.07, 6.45) is 0. The average Bonchev–Trinajstić information content (AvgIpc) is 2.36. The summed E-state index contributed by atoms with van der Waals surface area (Å²) >= 11 is 0. The van der Waals surface area contributed by atoms with Gasteiger partial charge < -0.3 is 11.5 Å². The molecule has 0 bridgehead atoms. The van der Waals surface area contributed by atoms with Crippen LogP contribution in [0.5, 0.6) is 0 Å². The molecule has 0 aliphatic heterocycles. The van der Waals surface area contributed by atoms with Crippen LogP contribution in [0.15, 0.2) is 48.5 Å². The summed E-state index contributed by atoms with van der Waals surface area (Å²) in [6.45, 7) is 0. The number of rotatable bonds is 0. The molecule has 4 rings (SSSR count). The van der Waals surface area contributed by atoms with Crippen molar-refractivity contribution in [3.8, 4) is 0 Å². The Hall–Kier alpha value is -2.48. The van der Waals surface area contributed by atoms with Gasteiger partial charge in [0.25, 0.3) is 0 Å². The van der Waals surface area contributed by atoms with Gasteiger partial charge in [0, 0.05) is 16.8 Å². The molecule has 4 aromatic carbocycles. The van der Waals surface area contributed by atoms with Crippen molar-refractivity contribution >= 4 is 43.7 Å². The van der Waals surface area contributed by atoms with Crippen molar-refractivity contribution in [3.63, 3.8) is 0 Å². The van der Waals surface area contributed by atoms with Crippen LogP contribution >= 0.6 is 0 Å². The van der Waals surface area contributed by atoms with E-state index in [9.17, 15) is 0 Å². The number of anilines is 2. The minimum absolute atomic E-state index is 0.757. The molecule has 0 radical (unpaired) electrons. The zero-order chi connectivity index (χ0) is 12.3. The zero-order valence-electron chi connectivity index (χ0n) is 9.77. The Morgan fingerprint density at radius 2 is 1.39 bits per heavy atom. The molecule has 18 heavy (non-hydrogen) atoms. The Morgan fingerprint density at radius 1 is 0.667 bits per heavy atom. The highest BCUT2D eigenvalue weighted by molar-refractivity contribution is 6.26. The number of benzene rings is 4. The molecule has 86 valence electrons. The van der Waals surface area contributed by atoms with Crippen molar-refractivity contribution in [3.05, 3.63) is 48.5 Å². The smallest absolute Gasteiger partial charge is 0.0401 e. The van der Waals surface area contributed by atoms with Gasteiger partial charge in [-0.3, -0.25) is 0 Å².